The second kappa shape index (κ2) is 22.4. The molecule has 0 bridgehead atoms. The third-order valence-electron chi connectivity index (χ3n) is 14.5. The van der Waals surface area contributed by atoms with E-state index >= 15 is 0 Å². The monoisotopic (exact) mass is 980 g/mol. The Morgan fingerprint density at radius 1 is 0.197 bits per heavy atom. The van der Waals surface area contributed by atoms with Crippen molar-refractivity contribution in [2.24, 2.45) is 0 Å². The highest BCUT2D eigenvalue weighted by Gasteiger charge is 2.20. The maximum Gasteiger partial charge on any atom is 0.0463 e. The van der Waals surface area contributed by atoms with Crippen molar-refractivity contribution in [2.75, 3.05) is 19.6 Å². The molecule has 0 unspecified atom stereocenters. The van der Waals surface area contributed by atoms with E-state index in [1.54, 1.807) is 0 Å². The average Bonchev–Trinajstić information content (AvgIpc) is 3.51. The fraction of sp³-hybridized carbons (Fsp3) is 0.0833. The predicted molar refractivity (Wildman–Crippen MR) is 323 cm³/mol. The molecule has 76 heavy (non-hydrogen) atoms. The van der Waals surface area contributed by atoms with Gasteiger partial charge in [-0.2, -0.15) is 0 Å². The third kappa shape index (κ3) is 10.4. The topological polar surface area (TPSA) is 13.0 Å². The molecule has 9 aromatic rings. The zero-order chi connectivity index (χ0) is 50.9. The van der Waals surface area contributed by atoms with Crippen LogP contribution in [0.25, 0.3) is 27.8 Å². The minimum absolute atomic E-state index is 1.03. The number of hydrogen-bond donors (Lipinski definition) is 0. The van der Waals surface area contributed by atoms with Gasteiger partial charge in [-0.1, -0.05) is 158 Å². The maximum atomic E-state index is 2.37. The number of benzene rings is 9. The van der Waals surface area contributed by atoms with Crippen LogP contribution in [0.1, 0.15) is 44.1 Å². The van der Waals surface area contributed by atoms with Gasteiger partial charge in [-0.05, 0) is 205 Å². The number of anilines is 10. The van der Waals surface area contributed by atoms with Crippen molar-refractivity contribution >= 4 is 62.4 Å². The lowest BCUT2D eigenvalue weighted by Crippen LogP contribution is -2.16. The van der Waals surface area contributed by atoms with Crippen LogP contribution in [0, 0.1) is 0 Å². The molecule has 0 atom stereocenters. The largest absolute Gasteiger partial charge is 0.311 e. The van der Waals surface area contributed by atoms with Crippen LogP contribution in [0.3, 0.4) is 0 Å². The molecule has 0 saturated heterocycles. The molecule has 0 amide bonds. The van der Waals surface area contributed by atoms with E-state index in [9.17, 15) is 0 Å². The molecule has 0 saturated carbocycles. The van der Waals surface area contributed by atoms with Gasteiger partial charge in [0.2, 0.25) is 0 Å². The minimum Gasteiger partial charge on any atom is -0.311 e. The lowest BCUT2D eigenvalue weighted by molar-refractivity contribution is 0.997. The summed E-state index contributed by atoms with van der Waals surface area (Å²) in [7, 11) is 0. The van der Waals surface area contributed by atoms with Crippen molar-refractivity contribution in [3.63, 3.8) is 0 Å². The first kappa shape index (κ1) is 47.6. The fourth-order valence-electron chi connectivity index (χ4n) is 10.6. The van der Waals surface area contributed by atoms with E-state index in [4.69, 9.17) is 0 Å². The van der Waals surface area contributed by atoms with Crippen LogP contribution in [-0.2, 0) is 0 Å². The highest BCUT2D eigenvalue weighted by Crippen LogP contribution is 2.42. The normalized spacial score (nSPS) is 13.8. The van der Waals surface area contributed by atoms with Crippen molar-refractivity contribution < 1.29 is 0 Å². The van der Waals surface area contributed by atoms with Crippen LogP contribution < -0.4 is 19.6 Å². The minimum atomic E-state index is 1.03. The van der Waals surface area contributed by atoms with Crippen LogP contribution in [0.2, 0.25) is 0 Å². The van der Waals surface area contributed by atoms with Gasteiger partial charge >= 0.3 is 0 Å². The summed E-state index contributed by atoms with van der Waals surface area (Å²) in [6.07, 6.45) is 27.0. The first-order valence-electron chi connectivity index (χ1n) is 26.8. The first-order chi connectivity index (χ1) is 37.7. The fourth-order valence-corrected chi connectivity index (χ4v) is 10.6. The van der Waals surface area contributed by atoms with Crippen LogP contribution in [-0.4, -0.2) is 0 Å². The molecule has 0 radical (unpaired) electrons. The van der Waals surface area contributed by atoms with Crippen LogP contribution in [0.4, 0.5) is 56.9 Å². The molecule has 4 heteroatoms. The van der Waals surface area contributed by atoms with Crippen LogP contribution in [0.15, 0.2) is 303 Å². The molecule has 3 aliphatic carbocycles. The standard InChI is InChI=1S/C72H60N4/c1-7-19-55(20-8-1)57-31-39-65(40-32-57)75(71-51-47-69(48-52-71)73(61-23-11-3-12-24-61)62-25-13-4-14-26-62)67-43-35-59(36-44-67)60-37-45-68(46-38-60)76(66-41-33-58(34-42-66)56-21-9-2-10-22-56)72-53-49-70(50-54-72)74(63-27-15-5-16-28-63)64-29-17-6-18-30-64/h1,3,5,7-9,11-13,15-17,19-54H,2,4,6,10,14,18H2. The van der Waals surface area contributed by atoms with Crippen molar-refractivity contribution in [3.8, 4) is 22.3 Å². The summed E-state index contributed by atoms with van der Waals surface area (Å²) in [5.41, 5.74) is 20.7. The number of nitrogens with zero attached hydrogens (tertiary/aromatic N) is 4. The summed E-state index contributed by atoms with van der Waals surface area (Å²) in [5, 5.41) is 0. The highest BCUT2D eigenvalue weighted by molar-refractivity contribution is 5.85. The van der Waals surface area contributed by atoms with E-state index in [0.717, 1.165) is 107 Å². The van der Waals surface area contributed by atoms with E-state index in [2.05, 4.69) is 311 Å². The summed E-state index contributed by atoms with van der Waals surface area (Å²) >= 11 is 0. The second-order valence-electron chi connectivity index (χ2n) is 19.5. The van der Waals surface area contributed by atoms with E-state index < -0.39 is 0 Å². The summed E-state index contributed by atoms with van der Waals surface area (Å²) in [5.74, 6) is 0. The van der Waals surface area contributed by atoms with E-state index in [1.807, 2.05) is 0 Å². The Labute approximate surface area is 448 Å². The summed E-state index contributed by atoms with van der Waals surface area (Å²) in [4.78, 5) is 9.43. The van der Waals surface area contributed by atoms with Crippen molar-refractivity contribution in [1.29, 1.82) is 0 Å². The molecule has 0 aliphatic heterocycles. The first-order valence-corrected chi connectivity index (χ1v) is 26.8. The van der Waals surface area contributed by atoms with E-state index in [1.165, 1.54) is 33.7 Å². The molecule has 12 rings (SSSR count). The van der Waals surface area contributed by atoms with Gasteiger partial charge in [-0.3, -0.25) is 0 Å². The highest BCUT2D eigenvalue weighted by atomic mass is 15.2. The van der Waals surface area contributed by atoms with E-state index in [-0.39, 0.29) is 0 Å². The van der Waals surface area contributed by atoms with Crippen LogP contribution >= 0.6 is 0 Å². The van der Waals surface area contributed by atoms with Gasteiger partial charge in [0.05, 0.1) is 0 Å². The Morgan fingerprint density at radius 2 is 0.461 bits per heavy atom. The SMILES string of the molecule is C1=CC(c2ccc(N(c3ccc(-c4ccc(N(c5ccc(-c6ccccc6)cc5)c5ccc(N(C6=CCCC=C6)c6ccccc6)cc5)cc4)cc3)c3ccc(N(C4=CCCC=C4)c4ccccc4)cc3)cc2)=CCC1. The lowest BCUT2D eigenvalue weighted by Gasteiger charge is -2.30. The zero-order valence-corrected chi connectivity index (χ0v) is 42.7. The van der Waals surface area contributed by atoms with Gasteiger partial charge in [-0.25, -0.2) is 0 Å². The molecule has 9 aromatic carbocycles. The van der Waals surface area contributed by atoms with Gasteiger partial charge in [0.1, 0.15) is 0 Å². The van der Waals surface area contributed by atoms with Gasteiger partial charge in [0, 0.05) is 68.3 Å². The molecular formula is C72H60N4. The molecule has 0 N–H and O–H groups in total. The Balaban J connectivity index is 0.864. The third-order valence-corrected chi connectivity index (χ3v) is 14.5. The van der Waals surface area contributed by atoms with Gasteiger partial charge < -0.3 is 19.6 Å². The molecule has 0 aromatic heterocycles. The predicted octanol–water partition coefficient (Wildman–Crippen LogP) is 20.4. The Hall–Kier alpha value is -9.38. The Morgan fingerprint density at radius 3 is 0.776 bits per heavy atom. The number of hydrogen-bond acceptors (Lipinski definition) is 4. The summed E-state index contributed by atoms with van der Waals surface area (Å²) in [6.45, 7) is 0. The summed E-state index contributed by atoms with van der Waals surface area (Å²) < 4.78 is 0. The van der Waals surface area contributed by atoms with E-state index in [0.29, 0.717) is 0 Å². The number of rotatable bonds is 15. The molecule has 3 aliphatic rings. The van der Waals surface area contributed by atoms with Crippen molar-refractivity contribution in [1.82, 2.24) is 0 Å². The molecule has 0 heterocycles. The summed E-state index contributed by atoms with van der Waals surface area (Å²) in [6, 6.07) is 85.9. The smallest absolute Gasteiger partial charge is 0.0463 e. The molecule has 368 valence electrons. The lowest BCUT2D eigenvalue weighted by atomic mass is 9.99. The second-order valence-corrected chi connectivity index (χ2v) is 19.5. The Bertz CT molecular complexity index is 3570. The number of allylic oxidation sites excluding steroid dienone is 10. The molecule has 4 nitrogen and oxygen atoms in total. The zero-order valence-electron chi connectivity index (χ0n) is 42.7. The average molecular weight is 981 g/mol. The maximum absolute atomic E-state index is 2.37. The molecule has 0 spiro atoms. The number of para-hydroxylation sites is 2. The van der Waals surface area contributed by atoms with Crippen LogP contribution in [0.5, 0.6) is 0 Å². The quantitative estimate of drug-likeness (QED) is 0.101. The van der Waals surface area contributed by atoms with Crippen molar-refractivity contribution in [3.05, 3.63) is 308 Å². The van der Waals surface area contributed by atoms with Gasteiger partial charge in [0.15, 0.2) is 0 Å². The van der Waals surface area contributed by atoms with Gasteiger partial charge in [0.25, 0.3) is 0 Å². The molecule has 0 fully saturated rings. The Kier molecular flexibility index (Phi) is 14.0. The van der Waals surface area contributed by atoms with Gasteiger partial charge in [-0.15, -0.1) is 0 Å². The molecular weight excluding hydrogens is 921 g/mol. The van der Waals surface area contributed by atoms with Crippen molar-refractivity contribution in [2.45, 2.75) is 38.5 Å².